The van der Waals surface area contributed by atoms with Crippen molar-refractivity contribution in [2.75, 3.05) is 37.8 Å². The minimum atomic E-state index is -0.283. The molecule has 0 saturated carbocycles. The van der Waals surface area contributed by atoms with Crippen molar-refractivity contribution in [2.24, 2.45) is 0 Å². The predicted octanol–water partition coefficient (Wildman–Crippen LogP) is 2.95. The van der Waals surface area contributed by atoms with Crippen molar-refractivity contribution in [3.8, 4) is 0 Å². The summed E-state index contributed by atoms with van der Waals surface area (Å²) in [6.07, 6.45) is 0. The second-order valence-electron chi connectivity index (χ2n) is 4.72. The van der Waals surface area contributed by atoms with Crippen molar-refractivity contribution < 1.29 is 4.39 Å². The molecule has 2 N–H and O–H groups in total. The van der Waals surface area contributed by atoms with Crippen LogP contribution in [0.2, 0.25) is 0 Å². The molecule has 1 unspecified atom stereocenters. The molecule has 0 spiro atoms. The molecule has 3 nitrogen and oxygen atoms in total. The molecule has 0 fully saturated rings. The third-order valence-electron chi connectivity index (χ3n) is 2.88. The van der Waals surface area contributed by atoms with Crippen LogP contribution in [0.4, 0.5) is 15.8 Å². The summed E-state index contributed by atoms with van der Waals surface area (Å²) in [6.45, 7) is 5.85. The highest BCUT2D eigenvalue weighted by Crippen LogP contribution is 2.30. The van der Waals surface area contributed by atoms with E-state index >= 15 is 0 Å². The normalized spacial score (nSPS) is 12.8. The molecule has 1 rings (SSSR count). The van der Waals surface area contributed by atoms with Crippen molar-refractivity contribution >= 4 is 27.3 Å². The van der Waals surface area contributed by atoms with Gasteiger partial charge in [-0.1, -0.05) is 0 Å². The minimum absolute atomic E-state index is 0.271. The Morgan fingerprint density at radius 2 is 2.00 bits per heavy atom. The van der Waals surface area contributed by atoms with Gasteiger partial charge in [-0.2, -0.15) is 0 Å². The molecular weight excluding hydrogens is 297 g/mol. The van der Waals surface area contributed by atoms with E-state index in [1.165, 1.54) is 6.07 Å². The van der Waals surface area contributed by atoms with Gasteiger partial charge in [-0.15, -0.1) is 0 Å². The number of hydrogen-bond donors (Lipinski definition) is 1. The zero-order valence-electron chi connectivity index (χ0n) is 11.4. The topological polar surface area (TPSA) is 32.5 Å². The third-order valence-corrected chi connectivity index (χ3v) is 3.49. The van der Waals surface area contributed by atoms with Crippen LogP contribution in [0.5, 0.6) is 0 Å². The molecule has 5 heteroatoms. The quantitative estimate of drug-likeness (QED) is 0.847. The summed E-state index contributed by atoms with van der Waals surface area (Å²) in [5.41, 5.74) is 7.33. The second kappa shape index (κ2) is 6.38. The number of hydrogen-bond acceptors (Lipinski definition) is 3. The number of nitrogens with zero attached hydrogens (tertiary/aromatic N) is 2. The van der Waals surface area contributed by atoms with Crippen LogP contribution < -0.4 is 10.6 Å². The maximum Gasteiger partial charge on any atom is 0.139 e. The molecule has 0 radical (unpaired) electrons. The molecule has 1 aromatic rings. The molecule has 1 aromatic carbocycles. The molecule has 0 amide bonds. The van der Waals surface area contributed by atoms with E-state index in [1.54, 1.807) is 6.07 Å². The highest BCUT2D eigenvalue weighted by atomic mass is 79.9. The van der Waals surface area contributed by atoms with Gasteiger partial charge in [0.15, 0.2) is 0 Å². The van der Waals surface area contributed by atoms with Gasteiger partial charge in [-0.3, -0.25) is 0 Å². The van der Waals surface area contributed by atoms with Gasteiger partial charge in [0.2, 0.25) is 0 Å². The maximum absolute atomic E-state index is 13.6. The lowest BCUT2D eigenvalue weighted by molar-refractivity contribution is 0.373. The monoisotopic (exact) mass is 317 g/mol. The Hall–Kier alpha value is -0.810. The number of rotatable bonds is 5. The van der Waals surface area contributed by atoms with E-state index in [0.717, 1.165) is 18.8 Å². The van der Waals surface area contributed by atoms with Gasteiger partial charge in [-0.25, -0.2) is 4.39 Å². The van der Waals surface area contributed by atoms with E-state index in [4.69, 9.17) is 5.73 Å². The summed E-state index contributed by atoms with van der Waals surface area (Å²) in [7, 11) is 4.05. The number of halogens is 2. The van der Waals surface area contributed by atoms with Gasteiger partial charge < -0.3 is 15.5 Å². The summed E-state index contributed by atoms with van der Waals surface area (Å²) in [6, 6.07) is 3.39. The maximum atomic E-state index is 13.6. The van der Waals surface area contributed by atoms with Crippen LogP contribution in [0.3, 0.4) is 0 Å². The summed E-state index contributed by atoms with van der Waals surface area (Å²) < 4.78 is 14.0. The third kappa shape index (κ3) is 3.59. The van der Waals surface area contributed by atoms with Gasteiger partial charge in [-0.05, 0) is 49.9 Å². The van der Waals surface area contributed by atoms with Crippen molar-refractivity contribution in [1.29, 1.82) is 0 Å². The van der Waals surface area contributed by atoms with Crippen LogP contribution in [0, 0.1) is 5.82 Å². The van der Waals surface area contributed by atoms with Crippen molar-refractivity contribution in [1.82, 2.24) is 4.90 Å². The fourth-order valence-electron chi connectivity index (χ4n) is 2.15. The summed E-state index contributed by atoms with van der Waals surface area (Å²) in [4.78, 5) is 4.23. The highest BCUT2D eigenvalue weighted by Gasteiger charge is 2.17. The van der Waals surface area contributed by atoms with E-state index in [9.17, 15) is 4.39 Å². The summed E-state index contributed by atoms with van der Waals surface area (Å²) in [5.74, 6) is -0.283. The first-order valence-corrected chi connectivity index (χ1v) is 6.82. The fraction of sp³-hybridized carbons (Fsp3) is 0.538. The van der Waals surface area contributed by atoms with Gasteiger partial charge >= 0.3 is 0 Å². The van der Waals surface area contributed by atoms with Gasteiger partial charge in [0.1, 0.15) is 5.82 Å². The van der Waals surface area contributed by atoms with E-state index in [-0.39, 0.29) is 11.9 Å². The Morgan fingerprint density at radius 3 is 2.50 bits per heavy atom. The molecular formula is C13H21BrFN3. The number of anilines is 2. The Kier molecular flexibility index (Phi) is 5.41. The first-order chi connectivity index (χ1) is 8.36. The summed E-state index contributed by atoms with van der Waals surface area (Å²) in [5, 5.41) is 0. The predicted molar refractivity (Wildman–Crippen MR) is 79.5 cm³/mol. The fourth-order valence-corrected chi connectivity index (χ4v) is 2.51. The van der Waals surface area contributed by atoms with E-state index < -0.39 is 0 Å². The molecule has 0 aliphatic carbocycles. The van der Waals surface area contributed by atoms with Crippen LogP contribution in [-0.2, 0) is 0 Å². The van der Waals surface area contributed by atoms with Crippen molar-refractivity contribution in [3.63, 3.8) is 0 Å². The van der Waals surface area contributed by atoms with Crippen LogP contribution >= 0.6 is 15.9 Å². The van der Waals surface area contributed by atoms with Crippen LogP contribution in [0.1, 0.15) is 13.8 Å². The van der Waals surface area contributed by atoms with Gasteiger partial charge in [0.05, 0.1) is 15.8 Å². The zero-order valence-corrected chi connectivity index (χ0v) is 13.0. The molecule has 0 aliphatic rings. The van der Waals surface area contributed by atoms with Gasteiger partial charge in [0.25, 0.3) is 0 Å². The largest absolute Gasteiger partial charge is 0.397 e. The molecule has 0 bridgehead atoms. The van der Waals surface area contributed by atoms with Crippen LogP contribution in [-0.4, -0.2) is 38.1 Å². The Bertz CT molecular complexity index is 409. The lowest BCUT2D eigenvalue weighted by atomic mass is 10.2. The Balaban J connectivity index is 3.05. The van der Waals surface area contributed by atoms with E-state index in [1.807, 2.05) is 21.0 Å². The van der Waals surface area contributed by atoms with Gasteiger partial charge in [0, 0.05) is 25.2 Å². The van der Waals surface area contributed by atoms with Crippen molar-refractivity contribution in [2.45, 2.75) is 19.9 Å². The molecule has 0 aromatic heterocycles. The number of nitrogens with two attached hydrogens (primary N) is 1. The first-order valence-electron chi connectivity index (χ1n) is 6.02. The molecule has 0 heterocycles. The highest BCUT2D eigenvalue weighted by molar-refractivity contribution is 9.10. The molecule has 0 aliphatic heterocycles. The molecule has 0 saturated heterocycles. The number of benzene rings is 1. The number of nitrogen functional groups attached to an aromatic ring is 1. The summed E-state index contributed by atoms with van der Waals surface area (Å²) >= 11 is 3.15. The van der Waals surface area contributed by atoms with E-state index in [2.05, 4.69) is 32.7 Å². The lowest BCUT2D eigenvalue weighted by Gasteiger charge is -2.33. The SMILES string of the molecule is CCN(c1cc(F)c(Br)cc1N)C(C)CN(C)C. The van der Waals surface area contributed by atoms with E-state index in [0.29, 0.717) is 10.2 Å². The average Bonchev–Trinajstić information content (AvgIpc) is 2.25. The Morgan fingerprint density at radius 1 is 1.39 bits per heavy atom. The molecule has 102 valence electrons. The molecule has 18 heavy (non-hydrogen) atoms. The van der Waals surface area contributed by atoms with Crippen LogP contribution in [0.15, 0.2) is 16.6 Å². The zero-order chi connectivity index (χ0) is 13.9. The molecule has 1 atom stereocenters. The van der Waals surface area contributed by atoms with Crippen LogP contribution in [0.25, 0.3) is 0 Å². The lowest BCUT2D eigenvalue weighted by Crippen LogP contribution is -2.40. The standard InChI is InChI=1S/C13H21BrFN3/c1-5-18(9(2)8-17(3)4)13-7-11(15)10(14)6-12(13)16/h6-7,9H,5,8,16H2,1-4H3. The second-order valence-corrected chi connectivity index (χ2v) is 5.58. The Labute approximate surface area is 117 Å². The minimum Gasteiger partial charge on any atom is -0.397 e. The van der Waals surface area contributed by atoms with Crippen molar-refractivity contribution in [3.05, 3.63) is 22.4 Å². The average molecular weight is 318 g/mol. The first kappa shape index (κ1) is 15.2. The number of likely N-dealkylation sites (N-methyl/N-ethyl adjacent to an activating group) is 2. The smallest absolute Gasteiger partial charge is 0.139 e.